The first-order chi connectivity index (χ1) is 20.9. The average Bonchev–Trinajstić information content (AvgIpc) is 3.04. The molecule has 2 aliphatic rings. The highest BCUT2D eigenvalue weighted by Gasteiger charge is 2.46. The highest BCUT2D eigenvalue weighted by Crippen LogP contribution is 2.70. The quantitative estimate of drug-likeness (QED) is 0.201. The van der Waals surface area contributed by atoms with Gasteiger partial charge in [0.1, 0.15) is 12.2 Å². The van der Waals surface area contributed by atoms with E-state index >= 15 is 0 Å². The second-order valence-corrected chi connectivity index (χ2v) is 15.8. The van der Waals surface area contributed by atoms with Crippen LogP contribution in [0.15, 0.2) is 106 Å². The van der Waals surface area contributed by atoms with Crippen molar-refractivity contribution in [3.05, 3.63) is 91.0 Å². The zero-order valence-corrected chi connectivity index (χ0v) is 26.0. The molecular weight excluding hydrogens is 585 g/mol. The second kappa shape index (κ2) is 14.6. The predicted molar refractivity (Wildman–Crippen MR) is 166 cm³/mol. The molecule has 7 nitrogen and oxygen atoms in total. The van der Waals surface area contributed by atoms with E-state index in [9.17, 15) is 18.0 Å². The maximum atomic E-state index is 14.5. The van der Waals surface area contributed by atoms with E-state index < -0.39 is 44.0 Å². The molecule has 230 valence electrons. The Hall–Kier alpha value is -3.14. The Morgan fingerprint density at radius 1 is 0.605 bits per heavy atom. The van der Waals surface area contributed by atoms with Crippen LogP contribution in [0.5, 0.6) is 0 Å². The van der Waals surface area contributed by atoms with E-state index in [2.05, 4.69) is 0 Å². The first kappa shape index (κ1) is 31.3. The number of rotatable bonds is 11. The molecule has 3 aromatic rings. The van der Waals surface area contributed by atoms with Crippen molar-refractivity contribution in [3.8, 4) is 0 Å². The highest BCUT2D eigenvalue weighted by atomic mass is 32.3. The molecule has 0 amide bonds. The molecule has 2 saturated carbocycles. The van der Waals surface area contributed by atoms with Crippen LogP contribution in [0, 0.1) is 0 Å². The van der Waals surface area contributed by atoms with Crippen molar-refractivity contribution < 1.29 is 31.1 Å². The number of esters is 2. The van der Waals surface area contributed by atoms with Crippen LogP contribution < -0.4 is 0 Å². The summed E-state index contributed by atoms with van der Waals surface area (Å²) in [6, 6.07) is 27.5. The Balaban J connectivity index is 1.55. The number of benzene rings is 3. The van der Waals surface area contributed by atoms with E-state index in [4.69, 9.17) is 13.1 Å². The zero-order chi connectivity index (χ0) is 30.1. The van der Waals surface area contributed by atoms with Crippen molar-refractivity contribution in [2.45, 2.75) is 103 Å². The van der Waals surface area contributed by atoms with Crippen LogP contribution in [-0.4, -0.2) is 37.8 Å². The predicted octanol–water partition coefficient (Wildman–Crippen LogP) is 7.74. The Bertz CT molecular complexity index is 1340. The summed E-state index contributed by atoms with van der Waals surface area (Å²) in [4.78, 5) is 28.8. The van der Waals surface area contributed by atoms with Gasteiger partial charge < -0.3 is 9.47 Å². The molecule has 9 heteroatoms. The molecule has 5 rings (SSSR count). The lowest BCUT2D eigenvalue weighted by Gasteiger charge is -2.40. The minimum absolute atomic E-state index is 0.275. The standard InChI is InChI=1S/C34H40O7S2/c35-33(39-27-16-6-1-7-17-27)26-32(34(36)40-28-18-8-2-9-19-28)43(37,38)41-42(29-20-10-3-11-21-29,30-22-12-4-13-23-30)31-24-14-5-15-25-31/h3-5,10-15,20-25,27-28,32H,1-2,6-9,16-19,26H2. The first-order valence-corrected chi connectivity index (χ1v) is 18.2. The van der Waals surface area contributed by atoms with Gasteiger partial charge in [-0.2, -0.15) is 8.42 Å². The van der Waals surface area contributed by atoms with Crippen molar-refractivity contribution in [2.75, 3.05) is 0 Å². The molecule has 43 heavy (non-hydrogen) atoms. The minimum Gasteiger partial charge on any atom is -0.462 e. The van der Waals surface area contributed by atoms with Gasteiger partial charge in [0, 0.05) is 14.7 Å². The Morgan fingerprint density at radius 3 is 1.42 bits per heavy atom. The highest BCUT2D eigenvalue weighted by molar-refractivity contribution is 8.33. The van der Waals surface area contributed by atoms with Crippen LogP contribution in [-0.2, 0) is 32.8 Å². The third kappa shape index (κ3) is 7.69. The molecule has 2 fully saturated rings. The van der Waals surface area contributed by atoms with Crippen molar-refractivity contribution in [1.29, 1.82) is 0 Å². The molecule has 0 radical (unpaired) electrons. The van der Waals surface area contributed by atoms with Crippen LogP contribution >= 0.6 is 10.3 Å². The smallest absolute Gasteiger partial charge is 0.327 e. The molecule has 0 heterocycles. The lowest BCUT2D eigenvalue weighted by Crippen LogP contribution is -2.39. The fourth-order valence-electron chi connectivity index (χ4n) is 5.85. The van der Waals surface area contributed by atoms with Gasteiger partial charge in [0.15, 0.2) is 5.25 Å². The van der Waals surface area contributed by atoms with Gasteiger partial charge in [-0.15, -0.1) is 0 Å². The van der Waals surface area contributed by atoms with Crippen LogP contribution in [0.1, 0.15) is 70.6 Å². The van der Waals surface area contributed by atoms with E-state index in [1.807, 2.05) is 91.0 Å². The molecular formula is C34H40O7S2. The van der Waals surface area contributed by atoms with Crippen molar-refractivity contribution >= 4 is 32.4 Å². The van der Waals surface area contributed by atoms with E-state index in [1.165, 1.54) is 0 Å². The molecule has 0 aromatic heterocycles. The number of hydrogen-bond acceptors (Lipinski definition) is 7. The van der Waals surface area contributed by atoms with E-state index in [0.29, 0.717) is 27.5 Å². The van der Waals surface area contributed by atoms with E-state index in [0.717, 1.165) is 51.4 Å². The van der Waals surface area contributed by atoms with Gasteiger partial charge >= 0.3 is 11.9 Å². The molecule has 0 N–H and O–H groups in total. The summed E-state index contributed by atoms with van der Waals surface area (Å²) in [5.41, 5.74) is 0. The number of ether oxygens (including phenoxy) is 2. The number of carbonyl (C=O) groups excluding carboxylic acids is 2. The van der Waals surface area contributed by atoms with Gasteiger partial charge in [0.2, 0.25) is 0 Å². The minimum atomic E-state index is -4.75. The maximum Gasteiger partial charge on any atom is 0.327 e. The number of carbonyl (C=O) groups is 2. The lowest BCUT2D eigenvalue weighted by molar-refractivity contribution is -0.157. The molecule has 0 bridgehead atoms. The van der Waals surface area contributed by atoms with Crippen molar-refractivity contribution in [3.63, 3.8) is 0 Å². The summed E-state index contributed by atoms with van der Waals surface area (Å²) in [6.07, 6.45) is 7.29. The third-order valence-corrected chi connectivity index (χ3v) is 13.5. The van der Waals surface area contributed by atoms with Crippen LogP contribution in [0.4, 0.5) is 0 Å². The van der Waals surface area contributed by atoms with Crippen LogP contribution in [0.25, 0.3) is 0 Å². The van der Waals surface area contributed by atoms with Gasteiger partial charge in [-0.25, -0.2) is 3.63 Å². The topological polar surface area (TPSA) is 96.0 Å². The Kier molecular flexibility index (Phi) is 10.6. The summed E-state index contributed by atoms with van der Waals surface area (Å²) < 4.78 is 46.8. The third-order valence-electron chi connectivity index (χ3n) is 8.07. The molecule has 0 spiro atoms. The van der Waals surface area contributed by atoms with Gasteiger partial charge in [0.05, 0.1) is 6.42 Å². The summed E-state index contributed by atoms with van der Waals surface area (Å²) in [5.74, 6) is -1.70. The van der Waals surface area contributed by atoms with Gasteiger partial charge in [-0.1, -0.05) is 67.4 Å². The zero-order valence-electron chi connectivity index (χ0n) is 24.3. The van der Waals surface area contributed by atoms with Crippen LogP contribution in [0.3, 0.4) is 0 Å². The Labute approximate surface area is 256 Å². The summed E-state index contributed by atoms with van der Waals surface area (Å²) in [6.45, 7) is 0. The fourth-order valence-corrected chi connectivity index (χ4v) is 11.4. The maximum absolute atomic E-state index is 14.5. The fraction of sp³-hybridized carbons (Fsp3) is 0.412. The second-order valence-electron chi connectivity index (χ2n) is 11.2. The van der Waals surface area contributed by atoms with Gasteiger partial charge in [-0.05, 0) is 98.1 Å². The van der Waals surface area contributed by atoms with Crippen molar-refractivity contribution in [2.24, 2.45) is 0 Å². The number of hydrogen-bond donors (Lipinski definition) is 0. The molecule has 3 aromatic carbocycles. The monoisotopic (exact) mass is 624 g/mol. The molecule has 0 saturated heterocycles. The SMILES string of the molecule is O=C(CC(C(=O)OC1CCCCC1)S(=O)(=O)OS(c1ccccc1)(c1ccccc1)c1ccccc1)OC1CCCCC1. The summed E-state index contributed by atoms with van der Waals surface area (Å²) in [7, 11) is -7.66. The van der Waals surface area contributed by atoms with Gasteiger partial charge in [-0.3, -0.25) is 9.59 Å². The molecule has 0 aliphatic heterocycles. The molecule has 2 aliphatic carbocycles. The summed E-state index contributed by atoms with van der Waals surface area (Å²) in [5, 5.41) is -1.87. The first-order valence-electron chi connectivity index (χ1n) is 15.2. The van der Waals surface area contributed by atoms with E-state index in [1.54, 1.807) is 0 Å². The van der Waals surface area contributed by atoms with Crippen molar-refractivity contribution in [1.82, 2.24) is 0 Å². The molecule has 1 unspecified atom stereocenters. The van der Waals surface area contributed by atoms with Gasteiger partial charge in [0.25, 0.3) is 10.1 Å². The normalized spacial score (nSPS) is 18.0. The lowest BCUT2D eigenvalue weighted by atomic mass is 9.98. The largest absolute Gasteiger partial charge is 0.462 e. The van der Waals surface area contributed by atoms with Crippen LogP contribution in [0.2, 0.25) is 0 Å². The average molecular weight is 625 g/mol. The Morgan fingerprint density at radius 2 is 1.00 bits per heavy atom. The van der Waals surface area contributed by atoms with E-state index in [-0.39, 0.29) is 12.2 Å². The molecule has 1 atom stereocenters. The summed E-state index contributed by atoms with van der Waals surface area (Å²) >= 11 is 0.